The van der Waals surface area contributed by atoms with Gasteiger partial charge in [0.25, 0.3) is 11.8 Å². The van der Waals surface area contributed by atoms with Crippen LogP contribution in [0, 0.1) is 20.8 Å². The van der Waals surface area contributed by atoms with Crippen LogP contribution in [-0.4, -0.2) is 57.6 Å². The van der Waals surface area contributed by atoms with Gasteiger partial charge in [-0.25, -0.2) is 0 Å². The average molecular weight is 377 g/mol. The van der Waals surface area contributed by atoms with Gasteiger partial charge in [0.05, 0.1) is 26.7 Å². The molecule has 150 valence electrons. The first-order chi connectivity index (χ1) is 12.8. The van der Waals surface area contributed by atoms with Crippen LogP contribution in [0.1, 0.15) is 36.5 Å². The number of hydrogen-bond acceptors (Lipinski definition) is 2. The lowest BCUT2D eigenvalue weighted by Crippen LogP contribution is -3.13. The largest absolute Gasteiger partial charge is 0.348 e. The van der Waals surface area contributed by atoms with Gasteiger partial charge in [-0.2, -0.15) is 0 Å². The topological polar surface area (TPSA) is 67.1 Å². The molecule has 6 nitrogen and oxygen atoms in total. The Morgan fingerprint density at radius 3 is 2.19 bits per heavy atom. The molecule has 0 radical (unpaired) electrons. The van der Waals surface area contributed by atoms with Gasteiger partial charge in [0, 0.05) is 24.6 Å². The molecule has 4 N–H and O–H groups in total. The van der Waals surface area contributed by atoms with E-state index in [9.17, 15) is 9.59 Å². The van der Waals surface area contributed by atoms with Gasteiger partial charge in [-0.1, -0.05) is 17.7 Å². The van der Waals surface area contributed by atoms with E-state index < -0.39 is 0 Å². The van der Waals surface area contributed by atoms with Gasteiger partial charge in [0.15, 0.2) is 13.1 Å². The minimum atomic E-state index is -0.0600. The van der Waals surface area contributed by atoms with Gasteiger partial charge < -0.3 is 20.4 Å². The quantitative estimate of drug-likeness (QED) is 0.506. The highest BCUT2D eigenvalue weighted by Crippen LogP contribution is 2.21. The van der Waals surface area contributed by atoms with Crippen molar-refractivity contribution >= 4 is 17.5 Å². The average Bonchev–Trinajstić information content (AvgIpc) is 2.58. The van der Waals surface area contributed by atoms with Gasteiger partial charge in [-0.15, -0.1) is 0 Å². The second kappa shape index (κ2) is 9.85. The molecule has 1 aromatic carbocycles. The monoisotopic (exact) mass is 376 g/mol. The fourth-order valence-corrected chi connectivity index (χ4v) is 3.97. The van der Waals surface area contributed by atoms with Gasteiger partial charge in [0.2, 0.25) is 0 Å². The molecule has 2 rings (SSSR count). The van der Waals surface area contributed by atoms with Crippen LogP contribution in [0.25, 0.3) is 0 Å². The lowest BCUT2D eigenvalue weighted by atomic mass is 10.1. The SMILES string of the molecule is CC[NH+]1CCC(NC(=O)C[NH+](C)CC(=O)Nc2c(C)cc(C)cc2C)CC1. The number of rotatable bonds is 7. The van der Waals surface area contributed by atoms with Crippen LogP contribution in [0.2, 0.25) is 0 Å². The molecular weight excluding hydrogens is 340 g/mol. The summed E-state index contributed by atoms with van der Waals surface area (Å²) in [7, 11) is 1.89. The first kappa shape index (κ1) is 21.4. The number of anilines is 1. The van der Waals surface area contributed by atoms with E-state index in [2.05, 4.69) is 36.6 Å². The van der Waals surface area contributed by atoms with E-state index in [1.807, 2.05) is 20.9 Å². The number of hydrogen-bond donors (Lipinski definition) is 4. The fourth-order valence-electron chi connectivity index (χ4n) is 3.97. The summed E-state index contributed by atoms with van der Waals surface area (Å²) in [6, 6.07) is 4.42. The number of nitrogens with one attached hydrogen (secondary N) is 4. The predicted molar refractivity (Wildman–Crippen MR) is 108 cm³/mol. The van der Waals surface area contributed by atoms with Crippen molar-refractivity contribution in [3.63, 3.8) is 0 Å². The van der Waals surface area contributed by atoms with Crippen LogP contribution in [0.15, 0.2) is 12.1 Å². The maximum absolute atomic E-state index is 12.4. The molecule has 1 saturated heterocycles. The third-order valence-electron chi connectivity index (χ3n) is 5.42. The molecule has 1 aromatic rings. The smallest absolute Gasteiger partial charge is 0.279 e. The van der Waals surface area contributed by atoms with E-state index >= 15 is 0 Å². The van der Waals surface area contributed by atoms with Crippen molar-refractivity contribution in [2.75, 3.05) is 45.1 Å². The van der Waals surface area contributed by atoms with Crippen LogP contribution >= 0.6 is 0 Å². The van der Waals surface area contributed by atoms with Crippen molar-refractivity contribution in [2.24, 2.45) is 0 Å². The number of quaternary nitrogens is 2. The molecule has 0 aliphatic carbocycles. The maximum Gasteiger partial charge on any atom is 0.279 e. The van der Waals surface area contributed by atoms with Crippen molar-refractivity contribution in [3.8, 4) is 0 Å². The summed E-state index contributed by atoms with van der Waals surface area (Å²) in [5.41, 5.74) is 4.20. The lowest BCUT2D eigenvalue weighted by molar-refractivity contribution is -0.903. The van der Waals surface area contributed by atoms with E-state index in [4.69, 9.17) is 0 Å². The fraction of sp³-hybridized carbons (Fsp3) is 0.619. The summed E-state index contributed by atoms with van der Waals surface area (Å²) in [4.78, 5) is 27.2. The Hall–Kier alpha value is -1.92. The zero-order valence-corrected chi connectivity index (χ0v) is 17.5. The first-order valence-corrected chi connectivity index (χ1v) is 10.1. The minimum Gasteiger partial charge on any atom is -0.348 e. The number of likely N-dealkylation sites (tertiary alicyclic amines) is 1. The maximum atomic E-state index is 12.4. The second-order valence-corrected chi connectivity index (χ2v) is 8.08. The van der Waals surface area contributed by atoms with Crippen molar-refractivity contribution in [2.45, 2.75) is 46.6 Å². The van der Waals surface area contributed by atoms with Gasteiger partial charge in [-0.05, 0) is 38.8 Å². The van der Waals surface area contributed by atoms with E-state index in [-0.39, 0.29) is 24.4 Å². The molecule has 0 saturated carbocycles. The van der Waals surface area contributed by atoms with Crippen molar-refractivity contribution in [1.82, 2.24) is 5.32 Å². The van der Waals surface area contributed by atoms with E-state index in [1.165, 1.54) is 5.56 Å². The zero-order chi connectivity index (χ0) is 20.0. The molecule has 0 bridgehead atoms. The number of amides is 2. The molecule has 27 heavy (non-hydrogen) atoms. The Morgan fingerprint density at radius 1 is 1.07 bits per heavy atom. The Labute approximate surface area is 163 Å². The number of aryl methyl sites for hydroxylation is 3. The number of piperidine rings is 1. The highest BCUT2D eigenvalue weighted by atomic mass is 16.2. The van der Waals surface area contributed by atoms with Crippen LogP contribution in [0.4, 0.5) is 5.69 Å². The molecular formula is C21H36N4O2+2. The van der Waals surface area contributed by atoms with Crippen molar-refractivity contribution in [3.05, 3.63) is 28.8 Å². The normalized spacial score (nSPS) is 20.8. The van der Waals surface area contributed by atoms with Crippen LogP contribution < -0.4 is 20.4 Å². The number of carbonyl (C=O) groups excluding carboxylic acids is 2. The molecule has 2 amide bonds. The standard InChI is InChI=1S/C21H34N4O2/c1-6-25-9-7-18(8-10-25)22-19(26)13-24(5)14-20(27)23-21-16(3)11-15(2)12-17(21)4/h11-12,18H,6-10,13-14H2,1-5H3,(H,22,26)(H,23,27)/p+2. The summed E-state index contributed by atoms with van der Waals surface area (Å²) >= 11 is 0. The third-order valence-corrected chi connectivity index (χ3v) is 5.42. The first-order valence-electron chi connectivity index (χ1n) is 10.1. The van der Waals surface area contributed by atoms with Crippen LogP contribution in [-0.2, 0) is 9.59 Å². The highest BCUT2D eigenvalue weighted by Gasteiger charge is 2.23. The molecule has 1 unspecified atom stereocenters. The molecule has 6 heteroatoms. The van der Waals surface area contributed by atoms with Gasteiger partial charge >= 0.3 is 0 Å². The molecule has 1 heterocycles. The summed E-state index contributed by atoms with van der Waals surface area (Å²) in [6.07, 6.45) is 2.08. The van der Waals surface area contributed by atoms with Crippen molar-refractivity contribution in [1.29, 1.82) is 0 Å². The minimum absolute atomic E-state index is 0.0351. The molecule has 1 aliphatic heterocycles. The zero-order valence-electron chi connectivity index (χ0n) is 17.5. The Bertz CT molecular complexity index is 643. The molecule has 0 spiro atoms. The van der Waals surface area contributed by atoms with Crippen molar-refractivity contribution < 1.29 is 19.4 Å². The van der Waals surface area contributed by atoms with E-state index in [0.717, 1.165) is 54.2 Å². The molecule has 0 aromatic heterocycles. The lowest BCUT2D eigenvalue weighted by Gasteiger charge is -2.29. The summed E-state index contributed by atoms with van der Waals surface area (Å²) in [5.74, 6) is -0.0249. The van der Waals surface area contributed by atoms with E-state index in [0.29, 0.717) is 6.54 Å². The third kappa shape index (κ3) is 6.63. The summed E-state index contributed by atoms with van der Waals surface area (Å²) in [6.45, 7) is 12.3. The van der Waals surface area contributed by atoms with Crippen LogP contribution in [0.3, 0.4) is 0 Å². The second-order valence-electron chi connectivity index (χ2n) is 8.08. The molecule has 1 aliphatic rings. The Kier molecular flexibility index (Phi) is 7.80. The summed E-state index contributed by atoms with van der Waals surface area (Å²) in [5, 5.41) is 6.15. The Balaban J connectivity index is 1.77. The van der Waals surface area contributed by atoms with Gasteiger partial charge in [-0.3, -0.25) is 9.59 Å². The number of carbonyl (C=O) groups is 2. The molecule has 1 atom stereocenters. The molecule has 1 fully saturated rings. The van der Waals surface area contributed by atoms with E-state index in [1.54, 1.807) is 4.90 Å². The number of likely N-dealkylation sites (N-methyl/N-ethyl adjacent to an activating group) is 1. The summed E-state index contributed by atoms with van der Waals surface area (Å²) < 4.78 is 0. The van der Waals surface area contributed by atoms with Gasteiger partial charge in [0.1, 0.15) is 0 Å². The predicted octanol–water partition coefficient (Wildman–Crippen LogP) is -0.752. The number of benzene rings is 1. The Morgan fingerprint density at radius 2 is 1.63 bits per heavy atom. The highest BCUT2D eigenvalue weighted by molar-refractivity contribution is 5.93. The van der Waals surface area contributed by atoms with Crippen LogP contribution in [0.5, 0.6) is 0 Å².